The third-order valence-corrected chi connectivity index (χ3v) is 4.17. The number of aromatic hydroxyl groups is 1. The fraction of sp³-hybridized carbons (Fsp3) is 0.200. The standard InChI is InChI=1S/C20H16F3N3O3/c1-11-8-12(10-13(9-11)20(21,22)23)5-6-15(27)16-17(28)19(29)26-18(25-16)14-4-2-3-7-24-14/h2-4,7-10,28H,5-6H2,1H3,(H,25,26,29). The number of carbonyl (C=O) groups is 1. The third-order valence-electron chi connectivity index (χ3n) is 4.17. The predicted molar refractivity (Wildman–Crippen MR) is 98.6 cm³/mol. The highest BCUT2D eigenvalue weighted by Crippen LogP contribution is 2.31. The van der Waals surface area contributed by atoms with Crippen LogP contribution in [0.15, 0.2) is 47.4 Å². The molecular formula is C20H16F3N3O3. The van der Waals surface area contributed by atoms with Gasteiger partial charge in [-0.3, -0.25) is 14.6 Å². The summed E-state index contributed by atoms with van der Waals surface area (Å²) in [6.45, 7) is 1.53. The molecule has 1 aromatic carbocycles. The lowest BCUT2D eigenvalue weighted by Gasteiger charge is -2.11. The van der Waals surface area contributed by atoms with Crippen molar-refractivity contribution in [1.82, 2.24) is 15.0 Å². The maximum Gasteiger partial charge on any atom is 0.416 e. The number of ketones is 1. The Morgan fingerprint density at radius 2 is 1.97 bits per heavy atom. The lowest BCUT2D eigenvalue weighted by Crippen LogP contribution is -2.16. The van der Waals surface area contributed by atoms with Crippen LogP contribution in [0.4, 0.5) is 13.2 Å². The Labute approximate surface area is 163 Å². The minimum Gasteiger partial charge on any atom is -0.501 e. The molecule has 0 bridgehead atoms. The first-order chi connectivity index (χ1) is 13.6. The zero-order chi connectivity index (χ0) is 21.2. The van der Waals surface area contributed by atoms with Crippen LogP contribution in [0.5, 0.6) is 5.75 Å². The summed E-state index contributed by atoms with van der Waals surface area (Å²) in [5.41, 5.74) is -1.12. The van der Waals surface area contributed by atoms with Gasteiger partial charge in [0.05, 0.1) is 5.56 Å². The smallest absolute Gasteiger partial charge is 0.416 e. The van der Waals surface area contributed by atoms with Crippen LogP contribution < -0.4 is 5.56 Å². The number of benzene rings is 1. The van der Waals surface area contributed by atoms with Gasteiger partial charge in [0.15, 0.2) is 17.3 Å². The number of carbonyl (C=O) groups excluding carboxylic acids is 1. The molecule has 2 N–H and O–H groups in total. The van der Waals surface area contributed by atoms with E-state index < -0.39 is 34.5 Å². The summed E-state index contributed by atoms with van der Waals surface area (Å²) in [7, 11) is 0. The third kappa shape index (κ3) is 4.68. The van der Waals surface area contributed by atoms with E-state index >= 15 is 0 Å². The van der Waals surface area contributed by atoms with Crippen molar-refractivity contribution in [2.24, 2.45) is 0 Å². The van der Waals surface area contributed by atoms with Gasteiger partial charge in [0.2, 0.25) is 5.75 Å². The molecule has 150 valence electrons. The van der Waals surface area contributed by atoms with Crippen molar-refractivity contribution in [2.45, 2.75) is 25.9 Å². The van der Waals surface area contributed by atoms with Crippen molar-refractivity contribution in [3.63, 3.8) is 0 Å². The molecule has 3 rings (SSSR count). The first-order valence-corrected chi connectivity index (χ1v) is 8.61. The minimum absolute atomic E-state index is 0.00354. The number of aryl methyl sites for hydroxylation is 2. The van der Waals surface area contributed by atoms with Gasteiger partial charge < -0.3 is 10.1 Å². The predicted octanol–water partition coefficient (Wildman–Crippen LogP) is 3.68. The second kappa shape index (κ2) is 7.86. The second-order valence-electron chi connectivity index (χ2n) is 6.45. The Bertz CT molecular complexity index is 1110. The molecule has 0 amide bonds. The van der Waals surface area contributed by atoms with Gasteiger partial charge in [-0.05, 0) is 43.2 Å². The number of rotatable bonds is 5. The van der Waals surface area contributed by atoms with Gasteiger partial charge in [-0.15, -0.1) is 0 Å². The number of aromatic amines is 1. The zero-order valence-electron chi connectivity index (χ0n) is 15.2. The fourth-order valence-electron chi connectivity index (χ4n) is 2.83. The number of nitrogens with zero attached hydrogens (tertiary/aromatic N) is 2. The molecule has 0 aliphatic rings. The first-order valence-electron chi connectivity index (χ1n) is 8.61. The fourth-order valence-corrected chi connectivity index (χ4v) is 2.83. The van der Waals surface area contributed by atoms with Crippen LogP contribution in [0.1, 0.15) is 33.6 Å². The van der Waals surface area contributed by atoms with Crippen molar-refractivity contribution in [2.75, 3.05) is 0 Å². The maximum absolute atomic E-state index is 13.0. The van der Waals surface area contributed by atoms with Crippen LogP contribution in [-0.2, 0) is 12.6 Å². The van der Waals surface area contributed by atoms with Crippen LogP contribution in [0.3, 0.4) is 0 Å². The van der Waals surface area contributed by atoms with Gasteiger partial charge in [0.1, 0.15) is 5.69 Å². The monoisotopic (exact) mass is 403 g/mol. The molecule has 0 spiro atoms. The number of alkyl halides is 3. The lowest BCUT2D eigenvalue weighted by atomic mass is 10.0. The summed E-state index contributed by atoms with van der Waals surface area (Å²) in [6.07, 6.45) is -3.25. The lowest BCUT2D eigenvalue weighted by molar-refractivity contribution is -0.137. The van der Waals surface area contributed by atoms with E-state index in [9.17, 15) is 27.9 Å². The molecule has 6 nitrogen and oxygen atoms in total. The number of pyridine rings is 1. The van der Waals surface area contributed by atoms with Crippen molar-refractivity contribution >= 4 is 5.78 Å². The molecule has 2 aromatic heterocycles. The molecule has 0 aliphatic heterocycles. The zero-order valence-corrected chi connectivity index (χ0v) is 15.2. The van der Waals surface area contributed by atoms with E-state index in [0.717, 1.165) is 12.1 Å². The SMILES string of the molecule is Cc1cc(CCC(=O)c2nc(-c3ccccn3)[nH]c(=O)c2O)cc(C(F)(F)F)c1. The summed E-state index contributed by atoms with van der Waals surface area (Å²) in [6, 6.07) is 8.43. The Kier molecular flexibility index (Phi) is 5.49. The minimum atomic E-state index is -4.49. The van der Waals surface area contributed by atoms with Gasteiger partial charge >= 0.3 is 6.18 Å². The van der Waals surface area contributed by atoms with Crippen molar-refractivity contribution in [3.8, 4) is 17.3 Å². The number of hydrogen-bond acceptors (Lipinski definition) is 5. The van der Waals surface area contributed by atoms with Crippen molar-refractivity contribution in [1.29, 1.82) is 0 Å². The van der Waals surface area contributed by atoms with Gasteiger partial charge in [-0.2, -0.15) is 13.2 Å². The van der Waals surface area contributed by atoms with E-state index in [1.165, 1.54) is 13.1 Å². The summed E-state index contributed by atoms with van der Waals surface area (Å²) in [5.74, 6) is -1.50. The number of hydrogen-bond donors (Lipinski definition) is 2. The highest BCUT2D eigenvalue weighted by Gasteiger charge is 2.31. The van der Waals surface area contributed by atoms with Crippen LogP contribution in [0, 0.1) is 6.92 Å². The van der Waals surface area contributed by atoms with E-state index in [4.69, 9.17) is 0 Å². The van der Waals surface area contributed by atoms with E-state index in [2.05, 4.69) is 15.0 Å². The summed E-state index contributed by atoms with van der Waals surface area (Å²) in [4.78, 5) is 34.8. The Hall–Kier alpha value is -3.49. The average molecular weight is 403 g/mol. The summed E-state index contributed by atoms with van der Waals surface area (Å²) < 4.78 is 38.9. The molecule has 0 unspecified atom stereocenters. The highest BCUT2D eigenvalue weighted by molar-refractivity contribution is 5.97. The summed E-state index contributed by atoms with van der Waals surface area (Å²) >= 11 is 0. The van der Waals surface area contributed by atoms with Crippen LogP contribution in [0.2, 0.25) is 0 Å². The van der Waals surface area contributed by atoms with Gasteiger partial charge in [0, 0.05) is 12.6 Å². The van der Waals surface area contributed by atoms with Crippen molar-refractivity contribution < 1.29 is 23.1 Å². The van der Waals surface area contributed by atoms with Crippen LogP contribution in [-0.4, -0.2) is 25.8 Å². The molecule has 2 heterocycles. The molecule has 3 aromatic rings. The Morgan fingerprint density at radius 3 is 2.62 bits per heavy atom. The molecule has 0 aliphatic carbocycles. The molecule has 0 saturated carbocycles. The Morgan fingerprint density at radius 1 is 1.21 bits per heavy atom. The van der Waals surface area contributed by atoms with Gasteiger partial charge in [-0.1, -0.05) is 17.7 Å². The number of Topliss-reactive ketones (excluding diaryl/α,β-unsaturated/α-hetero) is 1. The van der Waals surface area contributed by atoms with E-state index in [1.54, 1.807) is 24.3 Å². The van der Waals surface area contributed by atoms with Gasteiger partial charge in [0.25, 0.3) is 5.56 Å². The molecule has 9 heteroatoms. The molecule has 0 saturated heterocycles. The van der Waals surface area contributed by atoms with E-state index in [0.29, 0.717) is 16.8 Å². The molecule has 0 fully saturated rings. The molecular weight excluding hydrogens is 387 g/mol. The quantitative estimate of drug-likeness (QED) is 0.634. The largest absolute Gasteiger partial charge is 0.501 e. The number of halogens is 3. The van der Waals surface area contributed by atoms with Crippen LogP contribution in [0.25, 0.3) is 11.5 Å². The highest BCUT2D eigenvalue weighted by atomic mass is 19.4. The summed E-state index contributed by atoms with van der Waals surface area (Å²) in [5, 5.41) is 9.94. The number of aromatic nitrogens is 3. The topological polar surface area (TPSA) is 95.9 Å². The Balaban J connectivity index is 1.86. The van der Waals surface area contributed by atoms with Crippen molar-refractivity contribution in [3.05, 3.63) is 75.3 Å². The van der Waals surface area contributed by atoms with E-state index in [-0.39, 0.29) is 18.7 Å². The average Bonchev–Trinajstić information content (AvgIpc) is 2.67. The number of nitrogens with one attached hydrogen (secondary N) is 1. The second-order valence-corrected chi connectivity index (χ2v) is 6.45. The van der Waals surface area contributed by atoms with E-state index in [1.807, 2.05) is 0 Å². The van der Waals surface area contributed by atoms with Gasteiger partial charge in [-0.25, -0.2) is 4.98 Å². The normalized spacial score (nSPS) is 11.4. The molecule has 0 radical (unpaired) electrons. The van der Waals surface area contributed by atoms with Crippen LogP contribution >= 0.6 is 0 Å². The maximum atomic E-state index is 13.0. The molecule has 0 atom stereocenters. The molecule has 29 heavy (non-hydrogen) atoms. The number of H-pyrrole nitrogens is 1. The first kappa shape index (κ1) is 20.2.